The van der Waals surface area contributed by atoms with E-state index >= 15 is 0 Å². The fourth-order valence-corrected chi connectivity index (χ4v) is 3.40. The molecular formula is C23H19ClN2O. The molecule has 3 nitrogen and oxygen atoms in total. The minimum atomic E-state index is -0.147. The van der Waals surface area contributed by atoms with E-state index in [1.165, 1.54) is 0 Å². The van der Waals surface area contributed by atoms with E-state index in [-0.39, 0.29) is 11.9 Å². The molecule has 1 aliphatic rings. The number of nitrogens with zero attached hydrogens (tertiary/aromatic N) is 2. The van der Waals surface area contributed by atoms with Crippen LogP contribution in [-0.4, -0.2) is 16.6 Å². The Balaban J connectivity index is 1.72. The van der Waals surface area contributed by atoms with Crippen LogP contribution in [0.3, 0.4) is 0 Å². The number of benzene rings is 3. The number of hydrogen-bond acceptors (Lipinski definition) is 2. The van der Waals surface area contributed by atoms with Gasteiger partial charge in [0.15, 0.2) is 0 Å². The summed E-state index contributed by atoms with van der Waals surface area (Å²) in [5.41, 5.74) is 4.73. The first kappa shape index (κ1) is 17.5. The van der Waals surface area contributed by atoms with Gasteiger partial charge in [-0.05, 0) is 42.3 Å². The van der Waals surface area contributed by atoms with Crippen molar-refractivity contribution in [3.05, 3.63) is 106 Å². The predicted molar refractivity (Wildman–Crippen MR) is 109 cm³/mol. The molecule has 1 unspecified atom stereocenters. The molecule has 27 heavy (non-hydrogen) atoms. The maximum absolute atomic E-state index is 13.2. The van der Waals surface area contributed by atoms with Crippen molar-refractivity contribution in [1.82, 2.24) is 5.01 Å². The third-order valence-electron chi connectivity index (χ3n) is 4.78. The number of carbonyl (C=O) groups is 1. The van der Waals surface area contributed by atoms with Gasteiger partial charge in [0.2, 0.25) is 0 Å². The first-order chi connectivity index (χ1) is 13.1. The van der Waals surface area contributed by atoms with Gasteiger partial charge in [-0.2, -0.15) is 5.10 Å². The summed E-state index contributed by atoms with van der Waals surface area (Å²) < 4.78 is 0. The van der Waals surface area contributed by atoms with Crippen molar-refractivity contribution in [2.75, 3.05) is 0 Å². The molecular weight excluding hydrogens is 356 g/mol. The number of halogens is 1. The van der Waals surface area contributed by atoms with Crippen LogP contribution in [0, 0.1) is 6.92 Å². The summed E-state index contributed by atoms with van der Waals surface area (Å²) in [5, 5.41) is 6.99. The predicted octanol–water partition coefficient (Wildman–Crippen LogP) is 5.64. The molecule has 0 radical (unpaired) electrons. The van der Waals surface area contributed by atoms with Gasteiger partial charge < -0.3 is 0 Å². The van der Waals surface area contributed by atoms with Crippen LogP contribution in [0.15, 0.2) is 84.0 Å². The topological polar surface area (TPSA) is 32.7 Å². The molecule has 1 aliphatic heterocycles. The van der Waals surface area contributed by atoms with Crippen LogP contribution in [0.4, 0.5) is 0 Å². The Kier molecular flexibility index (Phi) is 4.78. The summed E-state index contributed by atoms with van der Waals surface area (Å²) in [6, 6.07) is 25.1. The Hall–Kier alpha value is -2.91. The molecule has 4 heteroatoms. The molecule has 0 saturated carbocycles. The zero-order chi connectivity index (χ0) is 18.8. The average molecular weight is 375 g/mol. The lowest BCUT2D eigenvalue weighted by atomic mass is 9.98. The largest absolute Gasteiger partial charge is 0.274 e. The lowest BCUT2D eigenvalue weighted by Crippen LogP contribution is -2.27. The van der Waals surface area contributed by atoms with Crippen LogP contribution in [0.1, 0.15) is 39.5 Å². The summed E-state index contributed by atoms with van der Waals surface area (Å²) in [5.74, 6) is -0.0964. The molecule has 0 spiro atoms. The first-order valence-corrected chi connectivity index (χ1v) is 9.28. The number of carbonyl (C=O) groups excluding carboxylic acids is 1. The summed E-state index contributed by atoms with van der Waals surface area (Å²) >= 11 is 6.04. The van der Waals surface area contributed by atoms with Gasteiger partial charge in [0.05, 0.1) is 11.8 Å². The van der Waals surface area contributed by atoms with Gasteiger partial charge in [-0.15, -0.1) is 0 Å². The Morgan fingerprint density at radius 3 is 2.30 bits per heavy atom. The molecule has 134 valence electrons. The quantitative estimate of drug-likeness (QED) is 0.583. The first-order valence-electron chi connectivity index (χ1n) is 8.90. The van der Waals surface area contributed by atoms with E-state index in [9.17, 15) is 4.79 Å². The van der Waals surface area contributed by atoms with Gasteiger partial charge >= 0.3 is 0 Å². The molecule has 1 amide bonds. The number of amides is 1. The molecule has 0 fully saturated rings. The van der Waals surface area contributed by atoms with E-state index in [0.29, 0.717) is 17.0 Å². The lowest BCUT2D eigenvalue weighted by Gasteiger charge is -2.22. The summed E-state index contributed by atoms with van der Waals surface area (Å²) in [6.07, 6.45) is 0.670. The lowest BCUT2D eigenvalue weighted by molar-refractivity contribution is 0.0711. The SMILES string of the molecule is Cc1ccc(C(=O)N2N=C(c3ccccc3)CC2c2ccc(Cl)cc2)cc1. The van der Waals surface area contributed by atoms with E-state index in [4.69, 9.17) is 16.7 Å². The molecule has 0 saturated heterocycles. The maximum atomic E-state index is 13.2. The molecule has 0 bridgehead atoms. The van der Waals surface area contributed by atoms with Crippen molar-refractivity contribution in [2.24, 2.45) is 5.10 Å². The monoisotopic (exact) mass is 374 g/mol. The van der Waals surface area contributed by atoms with Crippen LogP contribution in [0.25, 0.3) is 0 Å². The Morgan fingerprint density at radius 1 is 0.963 bits per heavy atom. The number of hydrogen-bond donors (Lipinski definition) is 0. The molecule has 3 aromatic rings. The number of hydrazone groups is 1. The molecule has 0 N–H and O–H groups in total. The summed E-state index contributed by atoms with van der Waals surface area (Å²) in [4.78, 5) is 13.2. The van der Waals surface area contributed by atoms with E-state index in [0.717, 1.165) is 22.4 Å². The van der Waals surface area contributed by atoms with Gasteiger partial charge in [0.25, 0.3) is 5.91 Å². The second-order valence-electron chi connectivity index (χ2n) is 6.70. The third kappa shape index (κ3) is 3.64. The van der Waals surface area contributed by atoms with Crippen molar-refractivity contribution in [3.63, 3.8) is 0 Å². The van der Waals surface area contributed by atoms with Gasteiger partial charge in [-0.3, -0.25) is 4.79 Å². The van der Waals surface area contributed by atoms with Crippen molar-refractivity contribution in [3.8, 4) is 0 Å². The normalized spacial score (nSPS) is 16.3. The highest BCUT2D eigenvalue weighted by atomic mass is 35.5. The van der Waals surface area contributed by atoms with E-state index in [2.05, 4.69) is 0 Å². The second-order valence-corrected chi connectivity index (χ2v) is 7.14. The second kappa shape index (κ2) is 7.37. The van der Waals surface area contributed by atoms with Gasteiger partial charge in [0.1, 0.15) is 0 Å². The molecule has 0 aromatic heterocycles. The van der Waals surface area contributed by atoms with Crippen LogP contribution in [-0.2, 0) is 0 Å². The highest BCUT2D eigenvalue weighted by Crippen LogP contribution is 2.34. The van der Waals surface area contributed by atoms with Crippen LogP contribution < -0.4 is 0 Å². The van der Waals surface area contributed by atoms with E-state index in [1.807, 2.05) is 85.8 Å². The zero-order valence-electron chi connectivity index (χ0n) is 15.0. The Morgan fingerprint density at radius 2 is 1.63 bits per heavy atom. The van der Waals surface area contributed by atoms with Gasteiger partial charge in [-0.1, -0.05) is 71.8 Å². The minimum absolute atomic E-state index is 0.0964. The van der Waals surface area contributed by atoms with Crippen molar-refractivity contribution >= 4 is 23.2 Å². The Bertz CT molecular complexity index is 979. The fraction of sp³-hybridized carbons (Fsp3) is 0.130. The number of rotatable bonds is 3. The van der Waals surface area contributed by atoms with Gasteiger partial charge in [-0.25, -0.2) is 5.01 Å². The number of aryl methyl sites for hydroxylation is 1. The van der Waals surface area contributed by atoms with Crippen molar-refractivity contribution < 1.29 is 4.79 Å². The van der Waals surface area contributed by atoms with Gasteiger partial charge in [0, 0.05) is 17.0 Å². The molecule has 0 aliphatic carbocycles. The van der Waals surface area contributed by atoms with Crippen molar-refractivity contribution in [2.45, 2.75) is 19.4 Å². The molecule has 1 heterocycles. The van der Waals surface area contributed by atoms with Crippen LogP contribution in [0.2, 0.25) is 5.02 Å². The Labute approximate surface area is 163 Å². The van der Waals surface area contributed by atoms with E-state index in [1.54, 1.807) is 5.01 Å². The molecule has 3 aromatic carbocycles. The minimum Gasteiger partial charge on any atom is -0.267 e. The van der Waals surface area contributed by atoms with Crippen LogP contribution in [0.5, 0.6) is 0 Å². The maximum Gasteiger partial charge on any atom is 0.274 e. The fourth-order valence-electron chi connectivity index (χ4n) is 3.28. The third-order valence-corrected chi connectivity index (χ3v) is 5.03. The highest BCUT2D eigenvalue weighted by molar-refractivity contribution is 6.30. The zero-order valence-corrected chi connectivity index (χ0v) is 15.7. The smallest absolute Gasteiger partial charge is 0.267 e. The standard InChI is InChI=1S/C23H19ClN2O/c1-16-7-9-19(10-8-16)23(27)26-22(18-11-13-20(24)14-12-18)15-21(25-26)17-5-3-2-4-6-17/h2-14,22H,15H2,1H3. The molecule has 4 rings (SSSR count). The molecule has 1 atom stereocenters. The highest BCUT2D eigenvalue weighted by Gasteiger charge is 2.33. The average Bonchev–Trinajstić information content (AvgIpc) is 3.15. The van der Waals surface area contributed by atoms with E-state index < -0.39 is 0 Å². The summed E-state index contributed by atoms with van der Waals surface area (Å²) in [7, 11) is 0. The van der Waals surface area contributed by atoms with Crippen LogP contribution >= 0.6 is 11.6 Å². The van der Waals surface area contributed by atoms with Crippen molar-refractivity contribution in [1.29, 1.82) is 0 Å². The summed E-state index contributed by atoms with van der Waals surface area (Å²) in [6.45, 7) is 2.01.